The van der Waals surface area contributed by atoms with Crippen LogP contribution in [0.2, 0.25) is 0 Å². The van der Waals surface area contributed by atoms with Gasteiger partial charge in [0, 0.05) is 0 Å². The molecule has 0 aromatic carbocycles. The van der Waals surface area contributed by atoms with Gasteiger partial charge in [-0.05, 0) is 25.2 Å². The van der Waals surface area contributed by atoms with Crippen LogP contribution in [0.15, 0.2) is 0 Å². The fourth-order valence-corrected chi connectivity index (χ4v) is 1.33. The largest absolute Gasteiger partial charge is 0.390 e. The molecule has 2 nitrogen and oxygen atoms in total. The average molecular weight is 130 g/mol. The molecule has 1 fully saturated rings. The molecule has 54 valence electrons. The van der Waals surface area contributed by atoms with Gasteiger partial charge in [0.1, 0.15) is 0 Å². The third-order valence-electron chi connectivity index (χ3n) is 2.04. The first kappa shape index (κ1) is 7.03. The maximum absolute atomic E-state index is 9.10. The Morgan fingerprint density at radius 3 is 2.22 bits per heavy atom. The molecule has 3 atom stereocenters. The Hall–Kier alpha value is -0.0800. The molecule has 0 saturated heterocycles. The van der Waals surface area contributed by atoms with E-state index in [1.54, 1.807) is 0 Å². The van der Waals surface area contributed by atoms with Crippen molar-refractivity contribution in [1.82, 2.24) is 0 Å². The monoisotopic (exact) mass is 130 g/mol. The second-order valence-electron chi connectivity index (χ2n) is 3.05. The minimum absolute atomic E-state index is 0.457. The number of aliphatic hydroxyl groups excluding tert-OH is 2. The molecule has 2 N–H and O–H groups in total. The summed E-state index contributed by atoms with van der Waals surface area (Å²) in [5.41, 5.74) is 0. The quantitative estimate of drug-likeness (QED) is 0.502. The van der Waals surface area contributed by atoms with Crippen LogP contribution in [0.25, 0.3) is 0 Å². The molecular weight excluding hydrogens is 116 g/mol. The van der Waals surface area contributed by atoms with Crippen molar-refractivity contribution in [3.05, 3.63) is 0 Å². The third kappa shape index (κ3) is 1.66. The molecule has 0 aromatic rings. The number of hydrogen-bond donors (Lipinski definition) is 2. The van der Waals surface area contributed by atoms with Crippen molar-refractivity contribution in [2.24, 2.45) is 5.92 Å². The lowest BCUT2D eigenvalue weighted by Gasteiger charge is -2.27. The summed E-state index contributed by atoms with van der Waals surface area (Å²) >= 11 is 0. The minimum Gasteiger partial charge on any atom is -0.390 e. The van der Waals surface area contributed by atoms with Crippen LogP contribution in [0.4, 0.5) is 0 Å². The van der Waals surface area contributed by atoms with E-state index < -0.39 is 12.2 Å². The van der Waals surface area contributed by atoms with Gasteiger partial charge < -0.3 is 10.2 Å². The third-order valence-corrected chi connectivity index (χ3v) is 2.04. The molecule has 0 radical (unpaired) electrons. The van der Waals surface area contributed by atoms with Crippen molar-refractivity contribution < 1.29 is 10.2 Å². The van der Waals surface area contributed by atoms with Crippen molar-refractivity contribution in [2.45, 2.75) is 38.4 Å². The fraction of sp³-hybridized carbons (Fsp3) is 1.00. The maximum Gasteiger partial charge on any atom is 0.0801 e. The van der Waals surface area contributed by atoms with E-state index >= 15 is 0 Å². The van der Waals surface area contributed by atoms with Gasteiger partial charge in [-0.15, -0.1) is 0 Å². The summed E-state index contributed by atoms with van der Waals surface area (Å²) < 4.78 is 0. The Morgan fingerprint density at radius 1 is 1.11 bits per heavy atom. The van der Waals surface area contributed by atoms with E-state index in [-0.39, 0.29) is 0 Å². The highest BCUT2D eigenvalue weighted by Gasteiger charge is 2.24. The zero-order chi connectivity index (χ0) is 6.85. The van der Waals surface area contributed by atoms with E-state index in [1.165, 1.54) is 0 Å². The van der Waals surface area contributed by atoms with Crippen LogP contribution in [0.3, 0.4) is 0 Å². The second kappa shape index (κ2) is 2.67. The van der Waals surface area contributed by atoms with Crippen LogP contribution in [-0.2, 0) is 0 Å². The predicted molar refractivity (Wildman–Crippen MR) is 35.0 cm³/mol. The summed E-state index contributed by atoms with van der Waals surface area (Å²) in [7, 11) is 0. The summed E-state index contributed by atoms with van der Waals surface area (Å²) in [6.07, 6.45) is 1.66. The van der Waals surface area contributed by atoms with Crippen molar-refractivity contribution >= 4 is 0 Å². The smallest absolute Gasteiger partial charge is 0.0801 e. The van der Waals surface area contributed by atoms with E-state index in [2.05, 4.69) is 6.92 Å². The molecule has 1 rings (SSSR count). The van der Waals surface area contributed by atoms with Crippen LogP contribution in [0.5, 0.6) is 0 Å². The molecule has 0 aliphatic heterocycles. The molecule has 0 spiro atoms. The van der Waals surface area contributed by atoms with Gasteiger partial charge in [0.15, 0.2) is 0 Å². The first-order valence-corrected chi connectivity index (χ1v) is 3.56. The Morgan fingerprint density at radius 2 is 1.78 bits per heavy atom. The standard InChI is InChI=1S/C7H14O2/c1-5-2-3-6(8)7(9)4-5/h5-9H,2-4H2,1H3/t5-,6+,7-/m1/s1. The molecule has 0 heterocycles. The number of rotatable bonds is 0. The molecular formula is C7H14O2. The summed E-state index contributed by atoms with van der Waals surface area (Å²) in [5.74, 6) is 0.586. The fourth-order valence-electron chi connectivity index (χ4n) is 1.33. The topological polar surface area (TPSA) is 40.5 Å². The number of hydrogen-bond acceptors (Lipinski definition) is 2. The highest BCUT2D eigenvalue weighted by Crippen LogP contribution is 2.23. The molecule has 1 saturated carbocycles. The van der Waals surface area contributed by atoms with Crippen LogP contribution >= 0.6 is 0 Å². The van der Waals surface area contributed by atoms with Gasteiger partial charge in [-0.25, -0.2) is 0 Å². The van der Waals surface area contributed by atoms with Crippen molar-refractivity contribution in [1.29, 1.82) is 0 Å². The SMILES string of the molecule is C[C@@H]1CC[C@H](O)[C@H](O)C1. The van der Waals surface area contributed by atoms with Crippen molar-refractivity contribution in [3.8, 4) is 0 Å². The molecule has 1 aliphatic rings. The lowest BCUT2D eigenvalue weighted by Crippen LogP contribution is -2.32. The maximum atomic E-state index is 9.10. The van der Waals surface area contributed by atoms with Crippen LogP contribution in [-0.4, -0.2) is 22.4 Å². The second-order valence-corrected chi connectivity index (χ2v) is 3.05. The van der Waals surface area contributed by atoms with Crippen molar-refractivity contribution in [2.75, 3.05) is 0 Å². The van der Waals surface area contributed by atoms with E-state index in [0.29, 0.717) is 5.92 Å². The highest BCUT2D eigenvalue weighted by molar-refractivity contribution is 4.76. The van der Waals surface area contributed by atoms with E-state index in [0.717, 1.165) is 19.3 Å². The average Bonchev–Trinajstić information content (AvgIpc) is 1.80. The lowest BCUT2D eigenvalue weighted by atomic mass is 9.87. The van der Waals surface area contributed by atoms with E-state index in [4.69, 9.17) is 10.2 Å². The molecule has 0 aromatic heterocycles. The van der Waals surface area contributed by atoms with Crippen LogP contribution in [0.1, 0.15) is 26.2 Å². The van der Waals surface area contributed by atoms with Gasteiger partial charge in [0.25, 0.3) is 0 Å². The van der Waals surface area contributed by atoms with E-state index in [1.807, 2.05) is 0 Å². The van der Waals surface area contributed by atoms with Gasteiger partial charge in [-0.1, -0.05) is 6.92 Å². The summed E-state index contributed by atoms with van der Waals surface area (Å²) in [6, 6.07) is 0. The zero-order valence-corrected chi connectivity index (χ0v) is 5.75. The number of aliphatic hydroxyl groups is 2. The molecule has 0 unspecified atom stereocenters. The Balaban J connectivity index is 2.35. The molecule has 1 aliphatic carbocycles. The Bertz CT molecular complexity index is 92.9. The highest BCUT2D eigenvalue weighted by atomic mass is 16.3. The molecule has 9 heavy (non-hydrogen) atoms. The van der Waals surface area contributed by atoms with Gasteiger partial charge in [0.2, 0.25) is 0 Å². The first-order valence-electron chi connectivity index (χ1n) is 3.56. The van der Waals surface area contributed by atoms with Crippen molar-refractivity contribution in [3.63, 3.8) is 0 Å². The normalized spacial score (nSPS) is 45.0. The summed E-state index contributed by atoms with van der Waals surface area (Å²) in [6.45, 7) is 2.11. The van der Waals surface area contributed by atoms with E-state index in [9.17, 15) is 0 Å². The van der Waals surface area contributed by atoms with Gasteiger partial charge in [0.05, 0.1) is 12.2 Å². The Kier molecular flexibility index (Phi) is 2.09. The molecule has 0 amide bonds. The predicted octanol–water partition coefficient (Wildman–Crippen LogP) is 0.528. The minimum atomic E-state index is -0.464. The zero-order valence-electron chi connectivity index (χ0n) is 5.75. The van der Waals surface area contributed by atoms with Gasteiger partial charge in [-0.2, -0.15) is 0 Å². The van der Waals surface area contributed by atoms with Crippen LogP contribution < -0.4 is 0 Å². The van der Waals surface area contributed by atoms with Crippen LogP contribution in [0, 0.1) is 5.92 Å². The Labute approximate surface area is 55.5 Å². The molecule has 0 bridgehead atoms. The lowest BCUT2D eigenvalue weighted by molar-refractivity contribution is -0.0226. The first-order chi connectivity index (χ1) is 4.20. The van der Waals surface area contributed by atoms with Gasteiger partial charge in [-0.3, -0.25) is 0 Å². The van der Waals surface area contributed by atoms with Gasteiger partial charge >= 0.3 is 0 Å². The summed E-state index contributed by atoms with van der Waals surface area (Å²) in [5, 5.41) is 18.1. The molecule has 2 heteroatoms. The summed E-state index contributed by atoms with van der Waals surface area (Å²) in [4.78, 5) is 0.